The molecule has 0 spiro atoms. The van der Waals surface area contributed by atoms with E-state index >= 15 is 0 Å². The zero-order chi connectivity index (χ0) is 13.7. The van der Waals surface area contributed by atoms with Gasteiger partial charge in [-0.3, -0.25) is 0 Å². The summed E-state index contributed by atoms with van der Waals surface area (Å²) in [5.41, 5.74) is 7.07. The molecule has 6 heteroatoms. The van der Waals surface area contributed by atoms with Crippen molar-refractivity contribution in [1.29, 1.82) is 0 Å². The smallest absolute Gasteiger partial charge is 0.245 e. The van der Waals surface area contributed by atoms with Gasteiger partial charge in [0.25, 0.3) is 0 Å². The highest BCUT2D eigenvalue weighted by Crippen LogP contribution is 2.24. The number of methoxy groups -OCH3 is 1. The maximum absolute atomic E-state index is 5.82. The van der Waals surface area contributed by atoms with Gasteiger partial charge in [-0.2, -0.15) is 4.98 Å². The van der Waals surface area contributed by atoms with Crippen LogP contribution in [0.4, 0.5) is 0 Å². The van der Waals surface area contributed by atoms with E-state index in [0.29, 0.717) is 24.1 Å². The van der Waals surface area contributed by atoms with Gasteiger partial charge in [0.15, 0.2) is 5.82 Å². The molecule has 19 heavy (non-hydrogen) atoms. The molecule has 0 bridgehead atoms. The Hall–Kier alpha value is -1.37. The van der Waals surface area contributed by atoms with Crippen molar-refractivity contribution in [1.82, 2.24) is 10.1 Å². The van der Waals surface area contributed by atoms with Gasteiger partial charge in [-0.05, 0) is 18.6 Å². The summed E-state index contributed by atoms with van der Waals surface area (Å²) in [6.45, 7) is 2.45. The van der Waals surface area contributed by atoms with Crippen LogP contribution in [0.15, 0.2) is 33.7 Å². The lowest BCUT2D eigenvalue weighted by Gasteiger charge is -2.03. The number of rotatable bonds is 6. The second-order valence-electron chi connectivity index (χ2n) is 4.16. The van der Waals surface area contributed by atoms with Crippen LogP contribution in [0, 0.1) is 6.92 Å². The van der Waals surface area contributed by atoms with Crippen molar-refractivity contribution < 1.29 is 9.26 Å². The van der Waals surface area contributed by atoms with Gasteiger partial charge in [-0.15, -0.1) is 11.8 Å². The molecule has 0 amide bonds. The lowest BCUT2D eigenvalue weighted by molar-refractivity contribution is 0.166. The summed E-state index contributed by atoms with van der Waals surface area (Å²) in [5, 5.41) is 3.92. The predicted octanol–water partition coefficient (Wildman–Crippen LogP) is 2.32. The fraction of sp³-hybridized carbons (Fsp3) is 0.385. The highest BCUT2D eigenvalue weighted by Gasteiger charge is 2.14. The molecule has 0 radical (unpaired) electrons. The molecule has 0 saturated heterocycles. The highest BCUT2D eigenvalue weighted by molar-refractivity contribution is 7.98. The molecule has 1 atom stereocenters. The fourth-order valence-electron chi connectivity index (χ4n) is 1.59. The van der Waals surface area contributed by atoms with Crippen molar-refractivity contribution in [3.05, 3.63) is 41.5 Å². The Morgan fingerprint density at radius 2 is 2.21 bits per heavy atom. The van der Waals surface area contributed by atoms with E-state index in [1.165, 1.54) is 10.5 Å². The normalized spacial score (nSPS) is 12.6. The summed E-state index contributed by atoms with van der Waals surface area (Å²) in [7, 11) is 1.59. The third kappa shape index (κ3) is 3.79. The quantitative estimate of drug-likeness (QED) is 0.818. The van der Waals surface area contributed by atoms with Gasteiger partial charge in [0.1, 0.15) is 6.04 Å². The zero-order valence-corrected chi connectivity index (χ0v) is 11.8. The first kappa shape index (κ1) is 14.0. The van der Waals surface area contributed by atoms with Crippen LogP contribution in [0.3, 0.4) is 0 Å². The van der Waals surface area contributed by atoms with Crippen LogP contribution in [0.5, 0.6) is 0 Å². The lowest BCUT2D eigenvalue weighted by Crippen LogP contribution is -2.16. The van der Waals surface area contributed by atoms with Crippen LogP contribution in [0.1, 0.15) is 23.3 Å². The summed E-state index contributed by atoms with van der Waals surface area (Å²) in [6.07, 6.45) is 0. The Labute approximate surface area is 116 Å². The van der Waals surface area contributed by atoms with Crippen molar-refractivity contribution in [2.24, 2.45) is 5.73 Å². The van der Waals surface area contributed by atoms with Crippen molar-refractivity contribution in [2.45, 2.75) is 23.6 Å². The minimum atomic E-state index is -0.366. The molecular formula is C13H17N3O2S. The summed E-state index contributed by atoms with van der Waals surface area (Å²) in [4.78, 5) is 5.49. The minimum Gasteiger partial charge on any atom is -0.383 e. The average molecular weight is 279 g/mol. The Balaban J connectivity index is 1.95. The number of aromatic nitrogens is 2. The maximum atomic E-state index is 5.82. The molecule has 0 fully saturated rings. The first-order valence-corrected chi connectivity index (χ1v) is 6.94. The number of ether oxygens (including phenoxy) is 1. The number of benzene rings is 1. The maximum Gasteiger partial charge on any atom is 0.245 e. The van der Waals surface area contributed by atoms with E-state index in [-0.39, 0.29) is 6.04 Å². The summed E-state index contributed by atoms with van der Waals surface area (Å²) in [6, 6.07) is 7.84. The van der Waals surface area contributed by atoms with Gasteiger partial charge in [0.05, 0.1) is 12.4 Å². The van der Waals surface area contributed by atoms with Crippen LogP contribution in [-0.2, 0) is 10.5 Å². The molecule has 1 heterocycles. The molecule has 2 aromatic rings. The molecule has 0 aliphatic rings. The fourth-order valence-corrected chi connectivity index (χ4v) is 2.46. The molecule has 2 rings (SSSR count). The summed E-state index contributed by atoms with van der Waals surface area (Å²) in [5.74, 6) is 1.73. The van der Waals surface area contributed by atoms with E-state index in [0.717, 1.165) is 0 Å². The molecular weight excluding hydrogens is 262 g/mol. The predicted molar refractivity (Wildman–Crippen MR) is 73.8 cm³/mol. The van der Waals surface area contributed by atoms with E-state index in [4.69, 9.17) is 15.0 Å². The Bertz CT molecular complexity index is 530. The van der Waals surface area contributed by atoms with Crippen molar-refractivity contribution in [3.8, 4) is 0 Å². The number of nitrogens with zero attached hydrogens (tertiary/aromatic N) is 2. The van der Waals surface area contributed by atoms with Crippen LogP contribution < -0.4 is 5.73 Å². The number of hydrogen-bond acceptors (Lipinski definition) is 6. The van der Waals surface area contributed by atoms with Crippen LogP contribution in [0.25, 0.3) is 0 Å². The molecule has 2 N–H and O–H groups in total. The van der Waals surface area contributed by atoms with E-state index in [2.05, 4.69) is 29.2 Å². The number of aryl methyl sites for hydroxylation is 1. The van der Waals surface area contributed by atoms with Gasteiger partial charge < -0.3 is 15.0 Å². The summed E-state index contributed by atoms with van der Waals surface area (Å²) < 4.78 is 10.1. The Morgan fingerprint density at radius 3 is 2.95 bits per heavy atom. The first-order valence-electron chi connectivity index (χ1n) is 5.96. The van der Waals surface area contributed by atoms with E-state index in [9.17, 15) is 0 Å². The zero-order valence-electron chi connectivity index (χ0n) is 11.0. The molecule has 0 saturated carbocycles. The molecule has 5 nitrogen and oxygen atoms in total. The second-order valence-corrected chi connectivity index (χ2v) is 5.18. The molecule has 1 aromatic heterocycles. The Kier molecular flexibility index (Phi) is 4.95. The molecule has 0 aliphatic heterocycles. The molecule has 1 unspecified atom stereocenters. The van der Waals surface area contributed by atoms with Gasteiger partial charge in [-0.25, -0.2) is 0 Å². The van der Waals surface area contributed by atoms with Crippen LogP contribution in [-0.4, -0.2) is 23.9 Å². The van der Waals surface area contributed by atoms with Crippen molar-refractivity contribution >= 4 is 11.8 Å². The minimum absolute atomic E-state index is 0.366. The second kappa shape index (κ2) is 6.70. The number of nitrogens with two attached hydrogens (primary N) is 1. The lowest BCUT2D eigenvalue weighted by atomic mass is 10.2. The molecule has 0 aliphatic carbocycles. The SMILES string of the molecule is COCC(N)c1nc(CSc2ccccc2C)no1. The molecule has 1 aromatic carbocycles. The third-order valence-electron chi connectivity index (χ3n) is 2.60. The monoisotopic (exact) mass is 279 g/mol. The largest absolute Gasteiger partial charge is 0.383 e. The van der Waals surface area contributed by atoms with Gasteiger partial charge >= 0.3 is 0 Å². The van der Waals surface area contributed by atoms with E-state index in [1.54, 1.807) is 18.9 Å². The van der Waals surface area contributed by atoms with E-state index < -0.39 is 0 Å². The van der Waals surface area contributed by atoms with Gasteiger partial charge in [0, 0.05) is 12.0 Å². The van der Waals surface area contributed by atoms with Crippen molar-refractivity contribution in [2.75, 3.05) is 13.7 Å². The average Bonchev–Trinajstić information content (AvgIpc) is 2.87. The third-order valence-corrected chi connectivity index (χ3v) is 3.77. The van der Waals surface area contributed by atoms with Crippen molar-refractivity contribution in [3.63, 3.8) is 0 Å². The molecule has 102 valence electrons. The standard InChI is InChI=1S/C13H17N3O2S/c1-9-5-3-4-6-11(9)19-8-12-15-13(18-16-12)10(14)7-17-2/h3-6,10H,7-8,14H2,1-2H3. The Morgan fingerprint density at radius 1 is 1.42 bits per heavy atom. The topological polar surface area (TPSA) is 74.2 Å². The number of thioether (sulfide) groups is 1. The van der Waals surface area contributed by atoms with Crippen LogP contribution in [0.2, 0.25) is 0 Å². The van der Waals surface area contributed by atoms with Crippen LogP contribution >= 0.6 is 11.8 Å². The van der Waals surface area contributed by atoms with Gasteiger partial charge in [0.2, 0.25) is 5.89 Å². The summed E-state index contributed by atoms with van der Waals surface area (Å²) >= 11 is 1.68. The van der Waals surface area contributed by atoms with E-state index in [1.807, 2.05) is 12.1 Å². The van der Waals surface area contributed by atoms with Gasteiger partial charge in [-0.1, -0.05) is 23.4 Å². The number of hydrogen-bond donors (Lipinski definition) is 1. The first-order chi connectivity index (χ1) is 9.20. The highest BCUT2D eigenvalue weighted by atomic mass is 32.2.